The largest absolute Gasteiger partial charge is 0.831 e. The smallest absolute Gasteiger partial charge is 0.573 e. The summed E-state index contributed by atoms with van der Waals surface area (Å²) < 4.78 is 44.0. The van der Waals surface area contributed by atoms with Gasteiger partial charge in [-0.2, -0.15) is 0 Å². The lowest BCUT2D eigenvalue weighted by atomic mass is 10.1. The molecule has 1 aromatic carbocycles. The molecular formula is C26H29F3N5O4-. The molecule has 1 unspecified atom stereocenters. The molecule has 1 atom stereocenters. The molecule has 0 saturated heterocycles. The van der Waals surface area contributed by atoms with Gasteiger partial charge in [0, 0.05) is 39.0 Å². The Morgan fingerprint density at radius 1 is 1.11 bits per heavy atom. The summed E-state index contributed by atoms with van der Waals surface area (Å²) >= 11 is 0. The summed E-state index contributed by atoms with van der Waals surface area (Å²) in [6.45, 7) is 0.547. The van der Waals surface area contributed by atoms with Gasteiger partial charge in [0.25, 0.3) is 0 Å². The van der Waals surface area contributed by atoms with E-state index < -0.39 is 18.6 Å². The van der Waals surface area contributed by atoms with Crippen molar-refractivity contribution in [2.24, 2.45) is 0 Å². The number of hydrogen-bond donors (Lipinski definition) is 1. The van der Waals surface area contributed by atoms with Crippen LogP contribution in [0.5, 0.6) is 5.75 Å². The quantitative estimate of drug-likeness (QED) is 0.378. The molecule has 12 heteroatoms. The van der Waals surface area contributed by atoms with E-state index in [0.717, 1.165) is 12.8 Å². The number of amides is 2. The number of imidazole rings is 1. The molecule has 3 heterocycles. The predicted octanol–water partition coefficient (Wildman–Crippen LogP) is 3.60. The maximum atomic E-state index is 13.7. The van der Waals surface area contributed by atoms with Gasteiger partial charge in [-0.15, -0.1) is 13.2 Å². The van der Waals surface area contributed by atoms with Crippen LogP contribution in [0.1, 0.15) is 54.7 Å². The van der Waals surface area contributed by atoms with Gasteiger partial charge in [-0.1, -0.05) is 31.0 Å². The van der Waals surface area contributed by atoms with Crippen molar-refractivity contribution < 1.29 is 32.9 Å². The number of aliphatic hydroxyl groups excluding tert-OH is 1. The summed E-state index contributed by atoms with van der Waals surface area (Å²) in [7, 11) is 1.55. The first-order chi connectivity index (χ1) is 18.2. The molecule has 2 aromatic heterocycles. The second-order valence-corrected chi connectivity index (χ2v) is 9.04. The van der Waals surface area contributed by atoms with Crippen LogP contribution in [0, 0.1) is 0 Å². The average Bonchev–Trinajstić information content (AvgIpc) is 3.22. The zero-order valence-corrected chi connectivity index (χ0v) is 20.9. The number of carbonyl (C=O) groups is 1. The van der Waals surface area contributed by atoms with Crippen LogP contribution < -0.4 is 14.7 Å². The molecule has 38 heavy (non-hydrogen) atoms. The Kier molecular flexibility index (Phi) is 8.52. The van der Waals surface area contributed by atoms with Gasteiger partial charge in [0.15, 0.2) is 5.82 Å². The molecular weight excluding hydrogens is 503 g/mol. The Bertz CT molecular complexity index is 1240. The number of halogens is 3. The normalized spacial score (nSPS) is 15.6. The highest BCUT2D eigenvalue weighted by Gasteiger charge is 2.35. The van der Waals surface area contributed by atoms with Gasteiger partial charge in [0.1, 0.15) is 11.6 Å². The zero-order valence-electron chi connectivity index (χ0n) is 20.9. The van der Waals surface area contributed by atoms with Gasteiger partial charge in [-0.25, -0.2) is 9.78 Å². The average molecular weight is 533 g/mol. The van der Waals surface area contributed by atoms with Crippen LogP contribution in [-0.4, -0.2) is 57.1 Å². The van der Waals surface area contributed by atoms with Crippen molar-refractivity contribution in [1.29, 1.82) is 0 Å². The molecule has 0 radical (unpaired) electrons. The number of fused-ring (bicyclic) bond motifs is 1. The first-order valence-electron chi connectivity index (χ1n) is 12.3. The topological polar surface area (TPSA) is 107 Å². The standard InChI is InChI=1S/C26H29F3N5O4/c1-32-23-22(24(36)33(25(32)37)13-6-2-3-7-14-35)34(17-19-10-4-5-12-30-19)21(31-23)16-18-9-8-11-20(15-18)38-26(27,28)29/h4-5,8-12,15,24,35H,2-3,6-7,13-14,16-17H2,1H3/q-1. The fraction of sp³-hybridized carbons (Fsp3) is 0.423. The van der Waals surface area contributed by atoms with Gasteiger partial charge in [0.2, 0.25) is 0 Å². The maximum absolute atomic E-state index is 13.7. The third-order valence-electron chi connectivity index (χ3n) is 6.28. The Balaban J connectivity index is 1.68. The number of ether oxygens (including phenoxy) is 1. The molecule has 9 nitrogen and oxygen atoms in total. The molecule has 1 N–H and O–H groups in total. The van der Waals surface area contributed by atoms with E-state index in [1.807, 2.05) is 6.07 Å². The Hall–Kier alpha value is -3.64. The number of aliphatic hydroxyl groups is 1. The molecule has 0 saturated carbocycles. The van der Waals surface area contributed by atoms with Crippen LogP contribution in [-0.2, 0) is 13.0 Å². The van der Waals surface area contributed by atoms with Crippen molar-refractivity contribution in [1.82, 2.24) is 19.4 Å². The number of alkyl halides is 3. The van der Waals surface area contributed by atoms with E-state index in [4.69, 9.17) is 5.11 Å². The second-order valence-electron chi connectivity index (χ2n) is 9.04. The number of carbonyl (C=O) groups excluding carboxylic acids is 1. The van der Waals surface area contributed by atoms with Gasteiger partial charge < -0.3 is 24.4 Å². The summed E-state index contributed by atoms with van der Waals surface area (Å²) in [6, 6.07) is 10.5. The van der Waals surface area contributed by atoms with E-state index in [0.29, 0.717) is 35.6 Å². The number of aromatic nitrogens is 3. The minimum absolute atomic E-state index is 0.0969. The van der Waals surface area contributed by atoms with Gasteiger partial charge >= 0.3 is 12.4 Å². The van der Waals surface area contributed by atoms with E-state index in [1.54, 1.807) is 36.0 Å². The number of anilines is 1. The van der Waals surface area contributed by atoms with Crippen LogP contribution in [0.4, 0.5) is 23.8 Å². The van der Waals surface area contributed by atoms with E-state index in [-0.39, 0.29) is 37.7 Å². The third-order valence-corrected chi connectivity index (χ3v) is 6.28. The van der Waals surface area contributed by atoms with Crippen molar-refractivity contribution in [3.63, 3.8) is 0 Å². The van der Waals surface area contributed by atoms with Crippen molar-refractivity contribution in [2.45, 2.75) is 51.2 Å². The van der Waals surface area contributed by atoms with Crippen molar-refractivity contribution >= 4 is 11.8 Å². The van der Waals surface area contributed by atoms with Crippen molar-refractivity contribution in [2.75, 3.05) is 25.1 Å². The first kappa shape index (κ1) is 27.4. The van der Waals surface area contributed by atoms with Crippen LogP contribution in [0.15, 0.2) is 48.7 Å². The molecule has 0 fully saturated rings. The summed E-state index contributed by atoms with van der Waals surface area (Å²) in [4.78, 5) is 24.6. The molecule has 1 aliphatic rings. The number of unbranched alkanes of at least 4 members (excludes halogenated alkanes) is 3. The zero-order chi connectivity index (χ0) is 27.3. The highest BCUT2D eigenvalue weighted by Crippen LogP contribution is 2.35. The lowest BCUT2D eigenvalue weighted by Gasteiger charge is -2.43. The number of urea groups is 1. The molecule has 0 bridgehead atoms. The monoisotopic (exact) mass is 532 g/mol. The number of rotatable bonds is 11. The van der Waals surface area contributed by atoms with Crippen LogP contribution in [0.2, 0.25) is 0 Å². The van der Waals surface area contributed by atoms with E-state index in [9.17, 15) is 23.1 Å². The molecule has 3 aromatic rings. The predicted molar refractivity (Wildman–Crippen MR) is 130 cm³/mol. The van der Waals surface area contributed by atoms with Crippen molar-refractivity contribution in [3.8, 4) is 5.75 Å². The summed E-state index contributed by atoms with van der Waals surface area (Å²) in [6.07, 6.45) is -1.78. The number of hydrogen-bond acceptors (Lipinski definition) is 6. The fourth-order valence-electron chi connectivity index (χ4n) is 4.48. The van der Waals surface area contributed by atoms with Crippen LogP contribution >= 0.6 is 0 Å². The first-order valence-corrected chi connectivity index (χ1v) is 12.3. The van der Waals surface area contributed by atoms with Crippen molar-refractivity contribution in [3.05, 3.63) is 71.4 Å². The van der Waals surface area contributed by atoms with E-state index in [1.165, 1.54) is 28.0 Å². The van der Waals surface area contributed by atoms with Gasteiger partial charge in [-0.05, 0) is 42.7 Å². The number of benzene rings is 1. The minimum atomic E-state index is -4.82. The Morgan fingerprint density at radius 2 is 1.89 bits per heavy atom. The number of nitrogens with zero attached hydrogens (tertiary/aromatic N) is 5. The highest BCUT2D eigenvalue weighted by atomic mass is 19.4. The number of pyridine rings is 1. The molecule has 2 amide bonds. The lowest BCUT2D eigenvalue weighted by molar-refractivity contribution is -0.460. The summed E-state index contributed by atoms with van der Waals surface area (Å²) in [5.41, 5.74) is 1.45. The van der Waals surface area contributed by atoms with Crippen LogP contribution in [0.3, 0.4) is 0 Å². The lowest BCUT2D eigenvalue weighted by Crippen LogP contribution is -2.52. The third kappa shape index (κ3) is 6.43. The van der Waals surface area contributed by atoms with Crippen LogP contribution in [0.25, 0.3) is 0 Å². The van der Waals surface area contributed by atoms with E-state index >= 15 is 0 Å². The second kappa shape index (κ2) is 11.8. The molecule has 1 aliphatic heterocycles. The maximum Gasteiger partial charge on any atom is 0.573 e. The highest BCUT2D eigenvalue weighted by molar-refractivity contribution is 5.93. The Labute approximate surface area is 218 Å². The van der Waals surface area contributed by atoms with Gasteiger partial charge in [0.05, 0.1) is 17.9 Å². The molecule has 0 spiro atoms. The summed E-state index contributed by atoms with van der Waals surface area (Å²) in [5, 5.41) is 22.6. The van der Waals surface area contributed by atoms with Gasteiger partial charge in [-0.3, -0.25) is 9.88 Å². The molecule has 4 rings (SSSR count). The summed E-state index contributed by atoms with van der Waals surface area (Å²) in [5.74, 6) is 0.277. The van der Waals surface area contributed by atoms with E-state index in [2.05, 4.69) is 14.7 Å². The molecule has 0 aliphatic carbocycles. The SMILES string of the molecule is CN1C(=O)N(CCCCCCO)C([O-])c2c1nc(Cc1cccc(OC(F)(F)F)c1)n2Cc1ccccn1. The Morgan fingerprint density at radius 3 is 2.61 bits per heavy atom. The molecule has 204 valence electrons. The fourth-order valence-corrected chi connectivity index (χ4v) is 4.48. The minimum Gasteiger partial charge on any atom is -0.831 e.